The van der Waals surface area contributed by atoms with Crippen LogP contribution in [-0.2, 0) is 0 Å². The second-order valence-corrected chi connectivity index (χ2v) is 4.28. The SMILES string of the molecule is CC.CN1CCN(C2CCCC2)CC1. The summed E-state index contributed by atoms with van der Waals surface area (Å²) >= 11 is 0. The Morgan fingerprint density at radius 2 is 1.36 bits per heavy atom. The van der Waals surface area contributed by atoms with E-state index in [0.29, 0.717) is 0 Å². The van der Waals surface area contributed by atoms with Crippen LogP contribution >= 0.6 is 0 Å². The summed E-state index contributed by atoms with van der Waals surface area (Å²) in [4.78, 5) is 5.14. The Morgan fingerprint density at radius 1 is 0.857 bits per heavy atom. The van der Waals surface area contributed by atoms with Gasteiger partial charge in [-0.2, -0.15) is 0 Å². The smallest absolute Gasteiger partial charge is 0.0113 e. The van der Waals surface area contributed by atoms with Gasteiger partial charge in [0.15, 0.2) is 0 Å². The first-order valence-corrected chi connectivity index (χ1v) is 6.29. The molecule has 2 fully saturated rings. The summed E-state index contributed by atoms with van der Waals surface area (Å²) in [5.74, 6) is 0. The van der Waals surface area contributed by atoms with Gasteiger partial charge in [0.2, 0.25) is 0 Å². The van der Waals surface area contributed by atoms with E-state index in [-0.39, 0.29) is 0 Å². The molecule has 1 heterocycles. The Balaban J connectivity index is 0.000000461. The van der Waals surface area contributed by atoms with Gasteiger partial charge in [-0.1, -0.05) is 26.7 Å². The third-order valence-electron chi connectivity index (χ3n) is 3.38. The van der Waals surface area contributed by atoms with E-state index in [9.17, 15) is 0 Å². The van der Waals surface area contributed by atoms with E-state index >= 15 is 0 Å². The van der Waals surface area contributed by atoms with E-state index in [1.165, 1.54) is 51.9 Å². The highest BCUT2D eigenvalue weighted by Crippen LogP contribution is 2.23. The van der Waals surface area contributed by atoms with E-state index in [1.807, 2.05) is 13.8 Å². The number of piperazine rings is 1. The molecule has 0 unspecified atom stereocenters. The minimum Gasteiger partial charge on any atom is -0.304 e. The van der Waals surface area contributed by atoms with Gasteiger partial charge in [-0.3, -0.25) is 4.90 Å². The van der Waals surface area contributed by atoms with Gasteiger partial charge >= 0.3 is 0 Å². The number of hydrogen-bond acceptors (Lipinski definition) is 2. The van der Waals surface area contributed by atoms with E-state index < -0.39 is 0 Å². The normalized spacial score (nSPS) is 25.9. The molecule has 0 bridgehead atoms. The monoisotopic (exact) mass is 198 g/mol. The highest BCUT2D eigenvalue weighted by Gasteiger charge is 2.24. The van der Waals surface area contributed by atoms with E-state index in [1.54, 1.807) is 0 Å². The summed E-state index contributed by atoms with van der Waals surface area (Å²) in [6, 6.07) is 0.943. The maximum atomic E-state index is 2.70. The largest absolute Gasteiger partial charge is 0.304 e. The molecule has 1 aliphatic carbocycles. The third kappa shape index (κ3) is 3.25. The first-order valence-electron chi connectivity index (χ1n) is 6.29. The van der Waals surface area contributed by atoms with E-state index in [2.05, 4.69) is 16.8 Å². The van der Waals surface area contributed by atoms with Crippen LogP contribution in [0.25, 0.3) is 0 Å². The van der Waals surface area contributed by atoms with Crippen LogP contribution in [0.15, 0.2) is 0 Å². The van der Waals surface area contributed by atoms with Crippen LogP contribution in [-0.4, -0.2) is 49.1 Å². The minimum atomic E-state index is 0.943. The number of rotatable bonds is 1. The van der Waals surface area contributed by atoms with Crippen LogP contribution in [0.2, 0.25) is 0 Å². The van der Waals surface area contributed by atoms with Gasteiger partial charge in [0.25, 0.3) is 0 Å². The summed E-state index contributed by atoms with van der Waals surface area (Å²) in [5.41, 5.74) is 0. The van der Waals surface area contributed by atoms with E-state index in [4.69, 9.17) is 0 Å². The van der Waals surface area contributed by atoms with Crippen LogP contribution < -0.4 is 0 Å². The van der Waals surface area contributed by atoms with Crippen molar-refractivity contribution in [2.45, 2.75) is 45.6 Å². The molecule has 2 aliphatic rings. The summed E-state index contributed by atoms with van der Waals surface area (Å²) in [6.45, 7) is 9.16. The zero-order valence-corrected chi connectivity index (χ0v) is 10.1. The lowest BCUT2D eigenvalue weighted by Gasteiger charge is -2.36. The predicted octanol–water partition coefficient (Wildman–Crippen LogP) is 2.20. The van der Waals surface area contributed by atoms with E-state index in [0.717, 1.165) is 6.04 Å². The fraction of sp³-hybridized carbons (Fsp3) is 1.00. The molecule has 1 saturated heterocycles. The van der Waals surface area contributed by atoms with Crippen molar-refractivity contribution in [2.24, 2.45) is 0 Å². The molecular formula is C12H26N2. The molecule has 0 amide bonds. The minimum absolute atomic E-state index is 0.943. The van der Waals surface area contributed by atoms with Crippen LogP contribution in [0.5, 0.6) is 0 Å². The molecule has 84 valence electrons. The van der Waals surface area contributed by atoms with Gasteiger partial charge in [-0.25, -0.2) is 0 Å². The Morgan fingerprint density at radius 3 is 1.86 bits per heavy atom. The molecule has 14 heavy (non-hydrogen) atoms. The molecule has 2 rings (SSSR count). The van der Waals surface area contributed by atoms with Crippen molar-refractivity contribution in [3.05, 3.63) is 0 Å². The van der Waals surface area contributed by atoms with Crippen LogP contribution in [0.1, 0.15) is 39.5 Å². The lowest BCUT2D eigenvalue weighted by Crippen LogP contribution is -2.48. The number of hydrogen-bond donors (Lipinski definition) is 0. The molecule has 0 aromatic carbocycles. The molecule has 0 aromatic heterocycles. The molecule has 1 saturated carbocycles. The molecule has 0 atom stereocenters. The van der Waals surface area contributed by atoms with Gasteiger partial charge in [-0.15, -0.1) is 0 Å². The summed E-state index contributed by atoms with van der Waals surface area (Å²) < 4.78 is 0. The maximum Gasteiger partial charge on any atom is 0.0113 e. The van der Waals surface area contributed by atoms with Gasteiger partial charge in [0.05, 0.1) is 0 Å². The van der Waals surface area contributed by atoms with Gasteiger partial charge < -0.3 is 4.90 Å². The Kier molecular flexibility index (Phi) is 5.49. The lowest BCUT2D eigenvalue weighted by atomic mass is 10.2. The molecule has 0 aromatic rings. The highest BCUT2D eigenvalue weighted by atomic mass is 15.3. The quantitative estimate of drug-likeness (QED) is 0.637. The Bertz CT molecular complexity index is 133. The molecule has 2 nitrogen and oxygen atoms in total. The van der Waals surface area contributed by atoms with Crippen LogP contribution in [0.3, 0.4) is 0 Å². The summed E-state index contributed by atoms with van der Waals surface area (Å²) in [5, 5.41) is 0. The maximum absolute atomic E-state index is 2.70. The fourth-order valence-corrected chi connectivity index (χ4v) is 2.46. The summed E-state index contributed by atoms with van der Waals surface area (Å²) in [7, 11) is 2.23. The molecule has 2 heteroatoms. The fourth-order valence-electron chi connectivity index (χ4n) is 2.46. The van der Waals surface area contributed by atoms with Crippen molar-refractivity contribution >= 4 is 0 Å². The number of likely N-dealkylation sites (N-methyl/N-ethyl adjacent to an activating group) is 1. The Hall–Kier alpha value is -0.0800. The second-order valence-electron chi connectivity index (χ2n) is 4.28. The average molecular weight is 198 g/mol. The molecule has 1 aliphatic heterocycles. The first-order chi connectivity index (χ1) is 6.86. The van der Waals surface area contributed by atoms with Crippen LogP contribution in [0, 0.1) is 0 Å². The van der Waals surface area contributed by atoms with Crippen molar-refractivity contribution in [2.75, 3.05) is 33.2 Å². The standard InChI is InChI=1S/C10H20N2.C2H6/c1-11-6-8-12(9-7-11)10-4-2-3-5-10;1-2/h10H,2-9H2,1H3;1-2H3. The van der Waals surface area contributed by atoms with Gasteiger partial charge in [0.1, 0.15) is 0 Å². The molecule has 0 spiro atoms. The summed E-state index contributed by atoms with van der Waals surface area (Å²) in [6.07, 6.45) is 5.86. The molecular weight excluding hydrogens is 172 g/mol. The van der Waals surface area contributed by atoms with Crippen molar-refractivity contribution < 1.29 is 0 Å². The highest BCUT2D eigenvalue weighted by molar-refractivity contribution is 4.80. The topological polar surface area (TPSA) is 6.48 Å². The molecule has 0 N–H and O–H groups in total. The lowest BCUT2D eigenvalue weighted by molar-refractivity contribution is 0.114. The second kappa shape index (κ2) is 6.41. The zero-order valence-electron chi connectivity index (χ0n) is 10.1. The average Bonchev–Trinajstić information content (AvgIpc) is 2.75. The third-order valence-corrected chi connectivity index (χ3v) is 3.38. The first kappa shape index (κ1) is 12.0. The van der Waals surface area contributed by atoms with Crippen molar-refractivity contribution in [3.63, 3.8) is 0 Å². The van der Waals surface area contributed by atoms with Gasteiger partial charge in [0, 0.05) is 32.2 Å². The zero-order chi connectivity index (χ0) is 10.4. The van der Waals surface area contributed by atoms with Crippen molar-refractivity contribution in [3.8, 4) is 0 Å². The van der Waals surface area contributed by atoms with Crippen molar-refractivity contribution in [1.82, 2.24) is 9.80 Å². The van der Waals surface area contributed by atoms with Crippen molar-refractivity contribution in [1.29, 1.82) is 0 Å². The number of nitrogens with zero attached hydrogens (tertiary/aromatic N) is 2. The van der Waals surface area contributed by atoms with Gasteiger partial charge in [-0.05, 0) is 19.9 Å². The van der Waals surface area contributed by atoms with Crippen LogP contribution in [0.4, 0.5) is 0 Å². The molecule has 0 radical (unpaired) electrons. The Labute approximate surface area is 89.3 Å². The predicted molar refractivity (Wildman–Crippen MR) is 62.7 cm³/mol.